The number of hydrazone groups is 2. The van der Waals surface area contributed by atoms with Crippen molar-refractivity contribution in [1.82, 2.24) is 10.9 Å². The van der Waals surface area contributed by atoms with E-state index in [9.17, 15) is 9.59 Å². The van der Waals surface area contributed by atoms with E-state index in [-0.39, 0.29) is 18.2 Å². The Morgan fingerprint density at radius 3 is 2.86 bits per heavy atom. The van der Waals surface area contributed by atoms with E-state index in [0.29, 0.717) is 5.71 Å². The summed E-state index contributed by atoms with van der Waals surface area (Å²) in [6.45, 7) is 1.71. The molecule has 6 heteroatoms. The van der Waals surface area contributed by atoms with Gasteiger partial charge in [0.1, 0.15) is 0 Å². The lowest BCUT2D eigenvalue weighted by Gasteiger charge is -2.05. The zero-order valence-corrected chi connectivity index (χ0v) is 11.6. The number of carbonyl (C=O) groups is 2. The van der Waals surface area contributed by atoms with Crippen LogP contribution in [0.3, 0.4) is 0 Å². The van der Waals surface area contributed by atoms with Crippen LogP contribution in [0.2, 0.25) is 0 Å². The zero-order valence-electron chi connectivity index (χ0n) is 11.6. The number of hydrogen-bond donors (Lipinski definition) is 2. The molecule has 0 bridgehead atoms. The van der Waals surface area contributed by atoms with Crippen LogP contribution in [-0.4, -0.2) is 23.7 Å². The fourth-order valence-electron chi connectivity index (χ4n) is 1.83. The van der Waals surface area contributed by atoms with Crippen LogP contribution in [0.1, 0.15) is 18.9 Å². The van der Waals surface area contributed by atoms with E-state index < -0.39 is 5.92 Å². The Balaban J connectivity index is 1.76. The van der Waals surface area contributed by atoms with Crippen molar-refractivity contribution < 1.29 is 9.59 Å². The van der Waals surface area contributed by atoms with Crippen molar-refractivity contribution >= 4 is 29.8 Å². The fraction of sp³-hybridized carbons (Fsp3) is 0.200. The molecular formula is C15H16N4O2. The fourth-order valence-corrected chi connectivity index (χ4v) is 1.83. The quantitative estimate of drug-likeness (QED) is 0.631. The summed E-state index contributed by atoms with van der Waals surface area (Å²) in [7, 11) is 0. The first-order chi connectivity index (χ1) is 10.2. The SMILES string of the molecule is CC1=NNC(=O)C1CC(=O)NN=C/C=C/c1ccccc1. The molecule has 1 aliphatic rings. The van der Waals surface area contributed by atoms with Gasteiger partial charge < -0.3 is 0 Å². The Morgan fingerprint density at radius 2 is 2.19 bits per heavy atom. The van der Waals surface area contributed by atoms with E-state index in [4.69, 9.17) is 0 Å². The monoisotopic (exact) mass is 284 g/mol. The molecule has 0 saturated carbocycles. The maximum atomic E-state index is 11.6. The van der Waals surface area contributed by atoms with Crippen molar-refractivity contribution in [2.45, 2.75) is 13.3 Å². The number of nitrogens with one attached hydrogen (secondary N) is 2. The Kier molecular flexibility index (Phi) is 4.98. The Morgan fingerprint density at radius 1 is 1.43 bits per heavy atom. The third kappa shape index (κ3) is 4.38. The van der Waals surface area contributed by atoms with Gasteiger partial charge in [-0.1, -0.05) is 36.4 Å². The number of carbonyl (C=O) groups excluding carboxylic acids is 2. The van der Waals surface area contributed by atoms with E-state index >= 15 is 0 Å². The van der Waals surface area contributed by atoms with Crippen LogP contribution in [-0.2, 0) is 9.59 Å². The van der Waals surface area contributed by atoms with Crippen LogP contribution in [0.4, 0.5) is 0 Å². The van der Waals surface area contributed by atoms with Crippen molar-refractivity contribution in [3.05, 3.63) is 42.0 Å². The second-order valence-corrected chi connectivity index (χ2v) is 4.57. The summed E-state index contributed by atoms with van der Waals surface area (Å²) in [6, 6.07) is 9.74. The average molecular weight is 284 g/mol. The van der Waals surface area contributed by atoms with Gasteiger partial charge in [-0.15, -0.1) is 0 Å². The molecule has 1 atom stereocenters. The third-order valence-corrected chi connectivity index (χ3v) is 2.99. The molecular weight excluding hydrogens is 268 g/mol. The number of amides is 2. The lowest BCUT2D eigenvalue weighted by Crippen LogP contribution is -2.29. The summed E-state index contributed by atoms with van der Waals surface area (Å²) < 4.78 is 0. The van der Waals surface area contributed by atoms with Gasteiger partial charge in [0.2, 0.25) is 11.8 Å². The minimum Gasteiger partial charge on any atom is -0.273 e. The minimum atomic E-state index is -0.500. The third-order valence-electron chi connectivity index (χ3n) is 2.99. The lowest BCUT2D eigenvalue weighted by molar-refractivity contribution is -0.127. The van der Waals surface area contributed by atoms with Gasteiger partial charge in [0.25, 0.3) is 0 Å². The number of rotatable bonds is 5. The van der Waals surface area contributed by atoms with Gasteiger partial charge in [0.15, 0.2) is 0 Å². The normalized spacial score (nSPS) is 18.0. The van der Waals surface area contributed by atoms with Crippen molar-refractivity contribution in [1.29, 1.82) is 0 Å². The van der Waals surface area contributed by atoms with Gasteiger partial charge in [-0.3, -0.25) is 9.59 Å². The summed E-state index contributed by atoms with van der Waals surface area (Å²) >= 11 is 0. The molecule has 2 N–H and O–H groups in total. The molecule has 1 heterocycles. The molecule has 0 spiro atoms. The highest BCUT2D eigenvalue weighted by Gasteiger charge is 2.28. The summed E-state index contributed by atoms with van der Waals surface area (Å²) in [5.74, 6) is -1.08. The van der Waals surface area contributed by atoms with Gasteiger partial charge in [-0.05, 0) is 18.6 Å². The van der Waals surface area contributed by atoms with Crippen LogP contribution in [0.5, 0.6) is 0 Å². The van der Waals surface area contributed by atoms with Gasteiger partial charge in [-0.2, -0.15) is 10.2 Å². The van der Waals surface area contributed by atoms with E-state index in [0.717, 1.165) is 5.56 Å². The lowest BCUT2D eigenvalue weighted by atomic mass is 10.0. The van der Waals surface area contributed by atoms with Crippen molar-refractivity contribution in [3.63, 3.8) is 0 Å². The van der Waals surface area contributed by atoms with Crippen molar-refractivity contribution in [3.8, 4) is 0 Å². The first-order valence-corrected chi connectivity index (χ1v) is 6.54. The number of benzene rings is 1. The molecule has 1 unspecified atom stereocenters. The molecule has 21 heavy (non-hydrogen) atoms. The van der Waals surface area contributed by atoms with Crippen LogP contribution in [0.25, 0.3) is 6.08 Å². The molecule has 0 fully saturated rings. The molecule has 0 aliphatic carbocycles. The highest BCUT2D eigenvalue weighted by molar-refractivity contribution is 6.09. The summed E-state index contributed by atoms with van der Waals surface area (Å²) in [5.41, 5.74) is 6.38. The van der Waals surface area contributed by atoms with Gasteiger partial charge in [0.05, 0.1) is 5.92 Å². The summed E-state index contributed by atoms with van der Waals surface area (Å²) in [6.07, 6.45) is 5.13. The van der Waals surface area contributed by atoms with E-state index in [1.165, 1.54) is 6.21 Å². The van der Waals surface area contributed by atoms with Gasteiger partial charge in [-0.25, -0.2) is 10.9 Å². The van der Waals surface area contributed by atoms with Crippen molar-refractivity contribution in [2.75, 3.05) is 0 Å². The molecule has 1 aromatic carbocycles. The molecule has 0 saturated heterocycles. The molecule has 0 radical (unpaired) electrons. The molecule has 2 rings (SSSR count). The van der Waals surface area contributed by atoms with Crippen LogP contribution in [0.15, 0.2) is 46.6 Å². The number of nitrogens with zero attached hydrogens (tertiary/aromatic N) is 2. The van der Waals surface area contributed by atoms with Crippen LogP contribution >= 0.6 is 0 Å². The Hall–Kier alpha value is -2.76. The average Bonchev–Trinajstić information content (AvgIpc) is 2.80. The predicted molar refractivity (Wildman–Crippen MR) is 81.5 cm³/mol. The highest BCUT2D eigenvalue weighted by atomic mass is 16.2. The van der Waals surface area contributed by atoms with Crippen LogP contribution in [0, 0.1) is 5.92 Å². The zero-order chi connectivity index (χ0) is 15.1. The molecule has 108 valence electrons. The smallest absolute Gasteiger partial charge is 0.249 e. The second-order valence-electron chi connectivity index (χ2n) is 4.57. The minimum absolute atomic E-state index is 0.0426. The van der Waals surface area contributed by atoms with Gasteiger partial charge >= 0.3 is 0 Å². The molecule has 1 aliphatic heterocycles. The summed E-state index contributed by atoms with van der Waals surface area (Å²) in [4.78, 5) is 23.0. The van der Waals surface area contributed by atoms with Crippen LogP contribution < -0.4 is 10.9 Å². The molecule has 2 amide bonds. The first kappa shape index (κ1) is 14.6. The highest BCUT2D eigenvalue weighted by Crippen LogP contribution is 2.11. The summed E-state index contributed by atoms with van der Waals surface area (Å²) in [5, 5.41) is 7.58. The topological polar surface area (TPSA) is 82.9 Å². The largest absolute Gasteiger partial charge is 0.273 e. The Bertz CT molecular complexity index is 605. The molecule has 6 nitrogen and oxygen atoms in total. The van der Waals surface area contributed by atoms with Gasteiger partial charge in [0, 0.05) is 18.3 Å². The maximum Gasteiger partial charge on any atom is 0.249 e. The Labute approximate surface area is 122 Å². The number of allylic oxidation sites excluding steroid dienone is 1. The predicted octanol–water partition coefficient (Wildman–Crippen LogP) is 1.31. The second kappa shape index (κ2) is 7.14. The van der Waals surface area contributed by atoms with E-state index in [1.807, 2.05) is 36.4 Å². The standard InChI is InChI=1S/C15H16N4O2/c1-11-13(15(21)19-17-11)10-14(20)18-16-9-5-8-12-6-3-2-4-7-12/h2-9,13H,10H2,1H3,(H,18,20)(H,19,21)/b8-5+,16-9?. The molecule has 1 aromatic rings. The van der Waals surface area contributed by atoms with E-state index in [1.54, 1.807) is 13.0 Å². The first-order valence-electron chi connectivity index (χ1n) is 6.54. The maximum absolute atomic E-state index is 11.6. The molecule has 0 aromatic heterocycles. The van der Waals surface area contributed by atoms with E-state index in [2.05, 4.69) is 21.1 Å². The number of hydrogen-bond acceptors (Lipinski definition) is 4. The van der Waals surface area contributed by atoms with Crippen molar-refractivity contribution in [2.24, 2.45) is 16.1 Å².